The smallest absolute Gasteiger partial charge is 0.133 e. The SMILES string of the molecule is CC1CCC(=O)CC1c1ccncc1. The van der Waals surface area contributed by atoms with Gasteiger partial charge in [-0.1, -0.05) is 6.92 Å². The normalized spacial score (nSPS) is 27.6. The Morgan fingerprint density at radius 2 is 2.07 bits per heavy atom. The number of hydrogen-bond donors (Lipinski definition) is 0. The number of Topliss-reactive ketones (excluding diaryl/α,β-unsaturated/α-hetero) is 1. The van der Waals surface area contributed by atoms with Crippen LogP contribution in [-0.2, 0) is 4.79 Å². The minimum absolute atomic E-state index is 0.407. The molecule has 2 rings (SSSR count). The highest BCUT2D eigenvalue weighted by Crippen LogP contribution is 2.35. The van der Waals surface area contributed by atoms with Gasteiger partial charge in [-0.15, -0.1) is 0 Å². The predicted octanol–water partition coefficient (Wildman–Crippen LogP) is 2.55. The molecule has 0 radical (unpaired) electrons. The molecule has 0 N–H and O–H groups in total. The first-order chi connectivity index (χ1) is 6.77. The summed E-state index contributed by atoms with van der Waals surface area (Å²) in [7, 11) is 0. The molecular weight excluding hydrogens is 174 g/mol. The van der Waals surface area contributed by atoms with Gasteiger partial charge in [0.05, 0.1) is 0 Å². The molecule has 14 heavy (non-hydrogen) atoms. The third-order valence-electron chi connectivity index (χ3n) is 3.15. The van der Waals surface area contributed by atoms with Crippen LogP contribution in [0.4, 0.5) is 0 Å². The Morgan fingerprint density at radius 1 is 1.36 bits per heavy atom. The van der Waals surface area contributed by atoms with Gasteiger partial charge in [-0.2, -0.15) is 0 Å². The van der Waals surface area contributed by atoms with Crippen LogP contribution in [0.1, 0.15) is 37.7 Å². The van der Waals surface area contributed by atoms with Crippen molar-refractivity contribution in [3.8, 4) is 0 Å². The molecule has 2 unspecified atom stereocenters. The molecule has 2 atom stereocenters. The largest absolute Gasteiger partial charge is 0.300 e. The van der Waals surface area contributed by atoms with Crippen molar-refractivity contribution >= 4 is 5.78 Å². The highest BCUT2D eigenvalue weighted by Gasteiger charge is 2.27. The molecule has 1 saturated carbocycles. The summed E-state index contributed by atoms with van der Waals surface area (Å²) in [5, 5.41) is 0. The Morgan fingerprint density at radius 3 is 2.79 bits per heavy atom. The number of hydrogen-bond acceptors (Lipinski definition) is 2. The van der Waals surface area contributed by atoms with Gasteiger partial charge in [0.15, 0.2) is 0 Å². The Labute approximate surface area is 84.4 Å². The standard InChI is InChI=1S/C12H15NO/c1-9-2-3-11(14)8-12(9)10-4-6-13-7-5-10/h4-7,9,12H,2-3,8H2,1H3. The van der Waals surface area contributed by atoms with E-state index in [0.29, 0.717) is 24.0 Å². The monoisotopic (exact) mass is 189 g/mol. The van der Waals surface area contributed by atoms with E-state index in [4.69, 9.17) is 0 Å². The molecule has 0 aromatic carbocycles. The van der Waals surface area contributed by atoms with Gasteiger partial charge in [0, 0.05) is 25.2 Å². The van der Waals surface area contributed by atoms with Crippen molar-refractivity contribution < 1.29 is 4.79 Å². The van der Waals surface area contributed by atoms with Crippen LogP contribution < -0.4 is 0 Å². The summed E-state index contributed by atoms with van der Waals surface area (Å²) in [5.41, 5.74) is 1.26. The minimum atomic E-state index is 0.407. The van der Waals surface area contributed by atoms with E-state index in [1.54, 1.807) is 12.4 Å². The fourth-order valence-corrected chi connectivity index (χ4v) is 2.20. The van der Waals surface area contributed by atoms with Gasteiger partial charge >= 0.3 is 0 Å². The van der Waals surface area contributed by atoms with Gasteiger partial charge in [-0.3, -0.25) is 9.78 Å². The number of rotatable bonds is 1. The molecule has 74 valence electrons. The third-order valence-corrected chi connectivity index (χ3v) is 3.15. The summed E-state index contributed by atoms with van der Waals surface area (Å²) in [6.07, 6.45) is 6.13. The molecule has 0 amide bonds. The topological polar surface area (TPSA) is 30.0 Å². The fraction of sp³-hybridized carbons (Fsp3) is 0.500. The predicted molar refractivity (Wildman–Crippen MR) is 55.0 cm³/mol. The van der Waals surface area contributed by atoms with Crippen molar-refractivity contribution in [1.29, 1.82) is 0 Å². The summed E-state index contributed by atoms with van der Waals surface area (Å²) >= 11 is 0. The molecule has 1 aliphatic rings. The Kier molecular flexibility index (Phi) is 2.62. The van der Waals surface area contributed by atoms with Crippen LogP contribution in [-0.4, -0.2) is 10.8 Å². The second-order valence-corrected chi connectivity index (χ2v) is 4.15. The number of aromatic nitrogens is 1. The summed E-state index contributed by atoms with van der Waals surface area (Å²) in [6, 6.07) is 4.06. The summed E-state index contributed by atoms with van der Waals surface area (Å²) in [4.78, 5) is 15.4. The van der Waals surface area contributed by atoms with Crippen molar-refractivity contribution in [2.45, 2.75) is 32.1 Å². The lowest BCUT2D eigenvalue weighted by molar-refractivity contribution is -0.121. The van der Waals surface area contributed by atoms with Crippen LogP contribution in [0.3, 0.4) is 0 Å². The quantitative estimate of drug-likeness (QED) is 0.679. The maximum atomic E-state index is 11.4. The first kappa shape index (κ1) is 9.38. The summed E-state index contributed by atoms with van der Waals surface area (Å²) in [6.45, 7) is 2.23. The zero-order valence-corrected chi connectivity index (χ0v) is 8.44. The number of ketones is 1. The Balaban J connectivity index is 2.20. The van der Waals surface area contributed by atoms with Gasteiger partial charge < -0.3 is 0 Å². The van der Waals surface area contributed by atoms with E-state index < -0.39 is 0 Å². The van der Waals surface area contributed by atoms with Crippen molar-refractivity contribution in [2.24, 2.45) is 5.92 Å². The fourth-order valence-electron chi connectivity index (χ4n) is 2.20. The van der Waals surface area contributed by atoms with E-state index in [1.165, 1.54) is 5.56 Å². The van der Waals surface area contributed by atoms with E-state index in [0.717, 1.165) is 12.8 Å². The first-order valence-corrected chi connectivity index (χ1v) is 5.19. The van der Waals surface area contributed by atoms with Gasteiger partial charge in [-0.05, 0) is 36.0 Å². The number of carbonyl (C=O) groups excluding carboxylic acids is 1. The van der Waals surface area contributed by atoms with E-state index in [1.807, 2.05) is 12.1 Å². The van der Waals surface area contributed by atoms with Gasteiger partial charge in [-0.25, -0.2) is 0 Å². The molecule has 2 nitrogen and oxygen atoms in total. The van der Waals surface area contributed by atoms with Crippen molar-refractivity contribution in [2.75, 3.05) is 0 Å². The number of pyridine rings is 1. The van der Waals surface area contributed by atoms with Crippen LogP contribution in [0, 0.1) is 5.92 Å². The zero-order valence-electron chi connectivity index (χ0n) is 8.44. The van der Waals surface area contributed by atoms with Crippen LogP contribution in [0.5, 0.6) is 0 Å². The molecule has 0 spiro atoms. The molecular formula is C12H15NO. The van der Waals surface area contributed by atoms with E-state index in [9.17, 15) is 4.79 Å². The molecule has 0 aliphatic heterocycles. The van der Waals surface area contributed by atoms with E-state index in [-0.39, 0.29) is 0 Å². The molecule has 1 aromatic rings. The lowest BCUT2D eigenvalue weighted by atomic mass is 9.76. The van der Waals surface area contributed by atoms with Gasteiger partial charge in [0.1, 0.15) is 5.78 Å². The lowest BCUT2D eigenvalue weighted by Crippen LogP contribution is -2.21. The second-order valence-electron chi connectivity index (χ2n) is 4.15. The van der Waals surface area contributed by atoms with E-state index >= 15 is 0 Å². The summed E-state index contributed by atoms with van der Waals surface area (Å²) < 4.78 is 0. The van der Waals surface area contributed by atoms with Crippen LogP contribution in [0.15, 0.2) is 24.5 Å². The van der Waals surface area contributed by atoms with E-state index in [2.05, 4.69) is 11.9 Å². The van der Waals surface area contributed by atoms with Crippen molar-refractivity contribution in [3.05, 3.63) is 30.1 Å². The highest BCUT2D eigenvalue weighted by molar-refractivity contribution is 5.80. The molecule has 0 saturated heterocycles. The molecule has 1 aromatic heterocycles. The van der Waals surface area contributed by atoms with Crippen LogP contribution in [0.2, 0.25) is 0 Å². The number of nitrogens with zero attached hydrogens (tertiary/aromatic N) is 1. The maximum Gasteiger partial charge on any atom is 0.133 e. The van der Waals surface area contributed by atoms with Gasteiger partial charge in [0.25, 0.3) is 0 Å². The van der Waals surface area contributed by atoms with Gasteiger partial charge in [0.2, 0.25) is 0 Å². The van der Waals surface area contributed by atoms with Crippen molar-refractivity contribution in [1.82, 2.24) is 4.98 Å². The average Bonchev–Trinajstić information content (AvgIpc) is 2.23. The Hall–Kier alpha value is -1.18. The molecule has 1 fully saturated rings. The Bertz CT molecular complexity index is 320. The first-order valence-electron chi connectivity index (χ1n) is 5.19. The third kappa shape index (κ3) is 1.84. The maximum absolute atomic E-state index is 11.4. The highest BCUT2D eigenvalue weighted by atomic mass is 16.1. The molecule has 2 heteroatoms. The minimum Gasteiger partial charge on any atom is -0.300 e. The number of carbonyl (C=O) groups is 1. The second kappa shape index (κ2) is 3.91. The molecule has 1 heterocycles. The van der Waals surface area contributed by atoms with Crippen LogP contribution in [0.25, 0.3) is 0 Å². The average molecular weight is 189 g/mol. The summed E-state index contributed by atoms with van der Waals surface area (Å²) in [5.74, 6) is 1.44. The van der Waals surface area contributed by atoms with Crippen LogP contribution >= 0.6 is 0 Å². The zero-order chi connectivity index (χ0) is 9.97. The lowest BCUT2D eigenvalue weighted by Gasteiger charge is -2.28. The molecule has 0 bridgehead atoms. The molecule has 1 aliphatic carbocycles. The van der Waals surface area contributed by atoms with Crippen molar-refractivity contribution in [3.63, 3.8) is 0 Å².